The van der Waals surface area contributed by atoms with E-state index in [-0.39, 0.29) is 46.3 Å². The lowest BCUT2D eigenvalue weighted by Crippen LogP contribution is -2.56. The van der Waals surface area contributed by atoms with Gasteiger partial charge in [-0.15, -0.1) is 0 Å². The van der Waals surface area contributed by atoms with Crippen LogP contribution >= 0.6 is 0 Å². The highest BCUT2D eigenvalue weighted by Crippen LogP contribution is 2.65. The van der Waals surface area contributed by atoms with Gasteiger partial charge in [-0.1, -0.05) is 43.7 Å². The lowest BCUT2D eigenvalue weighted by atomic mass is 9.46. The molecule has 0 amide bonds. The standard InChI is InChI=1S/C28H32O4/c1-17(29)21-9-10-22-25-23(12-14-28(21,22)3)27(2)13-11-20(30)15-19(27)16-24(25)32-26(31)18-7-5-4-6-8-18/h4-9,15,22-25H,10-14,16H2,1-3H3/t22-,23-,24?,25-,27-,28+/m0/s1. The molecule has 0 aromatic heterocycles. The van der Waals surface area contributed by atoms with Crippen LogP contribution in [0, 0.1) is 28.6 Å². The fourth-order valence-corrected chi connectivity index (χ4v) is 7.52. The highest BCUT2D eigenvalue weighted by Gasteiger charge is 2.61. The van der Waals surface area contributed by atoms with Crippen molar-refractivity contribution in [2.45, 2.75) is 65.4 Å². The molecule has 0 saturated heterocycles. The van der Waals surface area contributed by atoms with E-state index in [1.165, 1.54) is 0 Å². The summed E-state index contributed by atoms with van der Waals surface area (Å²) in [7, 11) is 0. The molecule has 4 nitrogen and oxygen atoms in total. The molecular formula is C28H32O4. The molecule has 0 bridgehead atoms. The van der Waals surface area contributed by atoms with Crippen molar-refractivity contribution in [2.75, 3.05) is 0 Å². The first-order chi connectivity index (χ1) is 15.2. The summed E-state index contributed by atoms with van der Waals surface area (Å²) in [5.41, 5.74) is 2.47. The Kier molecular flexibility index (Phi) is 5.03. The van der Waals surface area contributed by atoms with Crippen LogP contribution in [0.4, 0.5) is 0 Å². The van der Waals surface area contributed by atoms with E-state index in [4.69, 9.17) is 4.74 Å². The fraction of sp³-hybridized carbons (Fsp3) is 0.536. The first kappa shape index (κ1) is 21.4. The molecule has 168 valence electrons. The molecule has 0 spiro atoms. The van der Waals surface area contributed by atoms with Crippen LogP contribution in [-0.4, -0.2) is 23.6 Å². The first-order valence-electron chi connectivity index (χ1n) is 12.0. The maximum Gasteiger partial charge on any atom is 0.338 e. The van der Waals surface area contributed by atoms with E-state index in [0.717, 1.165) is 36.8 Å². The lowest BCUT2D eigenvalue weighted by Gasteiger charge is -2.59. The lowest BCUT2D eigenvalue weighted by molar-refractivity contribution is -0.124. The van der Waals surface area contributed by atoms with Crippen molar-refractivity contribution in [3.63, 3.8) is 0 Å². The molecule has 4 heteroatoms. The molecule has 4 aliphatic carbocycles. The Morgan fingerprint density at radius 1 is 1.03 bits per heavy atom. The maximum absolute atomic E-state index is 13.1. The summed E-state index contributed by atoms with van der Waals surface area (Å²) in [6.07, 6.45) is 8.61. The van der Waals surface area contributed by atoms with Gasteiger partial charge in [0.25, 0.3) is 0 Å². The van der Waals surface area contributed by atoms with Crippen LogP contribution in [-0.2, 0) is 14.3 Å². The van der Waals surface area contributed by atoms with E-state index >= 15 is 0 Å². The van der Waals surface area contributed by atoms with Gasteiger partial charge in [-0.3, -0.25) is 9.59 Å². The van der Waals surface area contributed by atoms with Crippen molar-refractivity contribution in [1.29, 1.82) is 0 Å². The largest absolute Gasteiger partial charge is 0.458 e. The van der Waals surface area contributed by atoms with Gasteiger partial charge in [0.05, 0.1) is 5.56 Å². The molecule has 1 aromatic rings. The van der Waals surface area contributed by atoms with Gasteiger partial charge in [-0.25, -0.2) is 4.79 Å². The molecule has 4 aliphatic rings. The van der Waals surface area contributed by atoms with Crippen molar-refractivity contribution in [3.05, 3.63) is 59.2 Å². The monoisotopic (exact) mass is 432 g/mol. The van der Waals surface area contributed by atoms with Gasteiger partial charge in [-0.2, -0.15) is 0 Å². The second kappa shape index (κ2) is 7.54. The summed E-state index contributed by atoms with van der Waals surface area (Å²) in [5, 5.41) is 0. The Balaban J connectivity index is 1.54. The van der Waals surface area contributed by atoms with Gasteiger partial charge in [0.15, 0.2) is 11.6 Å². The van der Waals surface area contributed by atoms with Crippen LogP contribution in [0.2, 0.25) is 0 Å². The van der Waals surface area contributed by atoms with Gasteiger partial charge in [-0.05, 0) is 79.1 Å². The third-order valence-electron chi connectivity index (χ3n) is 9.19. The Bertz CT molecular complexity index is 1030. The Morgan fingerprint density at radius 2 is 1.78 bits per heavy atom. The molecule has 0 aliphatic heterocycles. The number of carbonyl (C=O) groups is 3. The molecule has 32 heavy (non-hydrogen) atoms. The maximum atomic E-state index is 13.1. The Morgan fingerprint density at radius 3 is 2.50 bits per heavy atom. The second-order valence-corrected chi connectivity index (χ2v) is 10.7. The van der Waals surface area contributed by atoms with E-state index in [1.54, 1.807) is 19.1 Å². The summed E-state index contributed by atoms with van der Waals surface area (Å²) in [4.78, 5) is 37.8. The number of ketones is 2. The molecule has 0 radical (unpaired) electrons. The second-order valence-electron chi connectivity index (χ2n) is 10.7. The molecular weight excluding hydrogens is 400 g/mol. The zero-order valence-electron chi connectivity index (χ0n) is 19.2. The van der Waals surface area contributed by atoms with E-state index in [9.17, 15) is 14.4 Å². The van der Waals surface area contributed by atoms with Crippen LogP contribution in [0.1, 0.15) is 69.7 Å². The van der Waals surface area contributed by atoms with Crippen LogP contribution < -0.4 is 0 Å². The topological polar surface area (TPSA) is 60.4 Å². The van der Waals surface area contributed by atoms with E-state index in [0.29, 0.717) is 24.3 Å². The summed E-state index contributed by atoms with van der Waals surface area (Å²) in [6, 6.07) is 9.14. The predicted molar refractivity (Wildman–Crippen MR) is 122 cm³/mol. The van der Waals surface area contributed by atoms with Gasteiger partial charge in [0, 0.05) is 18.8 Å². The summed E-state index contributed by atoms with van der Waals surface area (Å²) in [5.74, 6) is 0.866. The van der Waals surface area contributed by atoms with Crippen molar-refractivity contribution >= 4 is 17.5 Å². The number of hydrogen-bond acceptors (Lipinski definition) is 4. The number of fused-ring (bicyclic) bond motifs is 5. The number of ether oxygens (including phenoxy) is 1. The van der Waals surface area contributed by atoms with Crippen molar-refractivity contribution in [1.82, 2.24) is 0 Å². The number of carbonyl (C=O) groups excluding carboxylic acids is 3. The normalized spacial score (nSPS) is 38.0. The first-order valence-corrected chi connectivity index (χ1v) is 12.0. The van der Waals surface area contributed by atoms with Crippen molar-refractivity contribution in [3.8, 4) is 0 Å². The van der Waals surface area contributed by atoms with Crippen LogP contribution in [0.3, 0.4) is 0 Å². The fourth-order valence-electron chi connectivity index (χ4n) is 7.52. The van der Waals surface area contributed by atoms with Crippen molar-refractivity contribution < 1.29 is 19.1 Å². The number of benzene rings is 1. The Labute approximate surface area is 190 Å². The predicted octanol–water partition coefficient (Wildman–Crippen LogP) is 5.48. The average molecular weight is 433 g/mol. The zero-order valence-corrected chi connectivity index (χ0v) is 19.2. The number of esters is 1. The smallest absolute Gasteiger partial charge is 0.338 e. The molecule has 1 unspecified atom stereocenters. The number of allylic oxidation sites excluding steroid dienone is 3. The minimum absolute atomic E-state index is 0.0332. The summed E-state index contributed by atoms with van der Waals surface area (Å²) >= 11 is 0. The molecule has 5 rings (SSSR count). The minimum atomic E-state index is -0.300. The number of rotatable bonds is 3. The zero-order chi connectivity index (χ0) is 22.7. The van der Waals surface area contributed by atoms with E-state index in [1.807, 2.05) is 24.3 Å². The van der Waals surface area contributed by atoms with Gasteiger partial charge >= 0.3 is 5.97 Å². The van der Waals surface area contributed by atoms with Crippen LogP contribution in [0.15, 0.2) is 53.6 Å². The van der Waals surface area contributed by atoms with E-state index in [2.05, 4.69) is 19.9 Å². The molecule has 2 saturated carbocycles. The van der Waals surface area contributed by atoms with E-state index < -0.39 is 0 Å². The third kappa shape index (κ3) is 3.14. The molecule has 2 fully saturated rings. The Hall–Kier alpha value is -2.49. The average Bonchev–Trinajstić information content (AvgIpc) is 3.13. The highest BCUT2D eigenvalue weighted by atomic mass is 16.5. The van der Waals surface area contributed by atoms with Gasteiger partial charge in [0.2, 0.25) is 0 Å². The van der Waals surface area contributed by atoms with Gasteiger partial charge in [0.1, 0.15) is 6.10 Å². The van der Waals surface area contributed by atoms with Crippen LogP contribution in [0.25, 0.3) is 0 Å². The number of Topliss-reactive ketones (excluding diaryl/α,β-unsaturated/α-hetero) is 1. The molecule has 0 N–H and O–H groups in total. The quantitative estimate of drug-likeness (QED) is 0.594. The van der Waals surface area contributed by atoms with Crippen LogP contribution in [0.5, 0.6) is 0 Å². The molecule has 0 heterocycles. The van der Waals surface area contributed by atoms with Gasteiger partial charge < -0.3 is 4.74 Å². The summed E-state index contributed by atoms with van der Waals surface area (Å²) < 4.78 is 6.23. The molecule has 6 atom stereocenters. The SMILES string of the molecule is CC(=O)C1=CC[C@H]2[C@@H]3C(OC(=O)c4ccccc4)CC4=CC(=O)CC[C@]4(C)[C@H]3CC[C@]12C. The highest BCUT2D eigenvalue weighted by molar-refractivity contribution is 5.95. The molecule has 1 aromatic carbocycles. The number of hydrogen-bond donors (Lipinski definition) is 0. The summed E-state index contributed by atoms with van der Waals surface area (Å²) in [6.45, 7) is 6.23. The van der Waals surface area contributed by atoms with Crippen molar-refractivity contribution in [2.24, 2.45) is 28.6 Å². The minimum Gasteiger partial charge on any atom is -0.458 e. The third-order valence-corrected chi connectivity index (χ3v) is 9.19.